The summed E-state index contributed by atoms with van der Waals surface area (Å²) in [4.78, 5) is 2.63. The van der Waals surface area contributed by atoms with Crippen LogP contribution in [0.25, 0.3) is 0 Å². The van der Waals surface area contributed by atoms with Crippen molar-refractivity contribution in [2.75, 3.05) is 26.2 Å². The van der Waals surface area contributed by atoms with Crippen molar-refractivity contribution in [3.05, 3.63) is 29.6 Å². The minimum atomic E-state index is -0.133. The number of hydrogen-bond acceptors (Lipinski definition) is 2. The van der Waals surface area contributed by atoms with Crippen molar-refractivity contribution in [3.63, 3.8) is 0 Å². The van der Waals surface area contributed by atoms with Crippen LogP contribution in [0.2, 0.25) is 0 Å². The third-order valence-corrected chi connectivity index (χ3v) is 6.58. The first-order valence-corrected chi connectivity index (χ1v) is 9.31. The zero-order chi connectivity index (χ0) is 15.9. The number of ether oxygens (including phenoxy) is 1. The number of rotatable bonds is 3. The molecular formula is C20H28FNO. The van der Waals surface area contributed by atoms with Crippen LogP contribution in [0.3, 0.4) is 0 Å². The van der Waals surface area contributed by atoms with Gasteiger partial charge in [-0.3, -0.25) is 0 Å². The van der Waals surface area contributed by atoms with Gasteiger partial charge in [-0.2, -0.15) is 0 Å². The summed E-state index contributed by atoms with van der Waals surface area (Å²) >= 11 is 0. The Labute approximate surface area is 139 Å². The Bertz CT molecular complexity index is 559. The highest BCUT2D eigenvalue weighted by atomic mass is 19.1. The smallest absolute Gasteiger partial charge is 0.123 e. The van der Waals surface area contributed by atoms with E-state index in [4.69, 9.17) is 4.74 Å². The number of hydrogen-bond donors (Lipinski definition) is 0. The van der Waals surface area contributed by atoms with Crippen LogP contribution in [-0.2, 0) is 5.41 Å². The third-order valence-electron chi connectivity index (χ3n) is 6.58. The molecule has 1 saturated heterocycles. The van der Waals surface area contributed by atoms with Gasteiger partial charge in [0.2, 0.25) is 0 Å². The SMILES string of the molecule is C[C@H](CN1CCC2(CC1)COc1ccc(F)cc12)C1CCCC1. The van der Waals surface area contributed by atoms with Gasteiger partial charge in [-0.25, -0.2) is 4.39 Å². The predicted octanol–water partition coefficient (Wildman–Crippen LogP) is 4.38. The quantitative estimate of drug-likeness (QED) is 0.820. The first kappa shape index (κ1) is 15.4. The zero-order valence-corrected chi connectivity index (χ0v) is 14.2. The maximum Gasteiger partial charge on any atom is 0.123 e. The van der Waals surface area contributed by atoms with Gasteiger partial charge >= 0.3 is 0 Å². The van der Waals surface area contributed by atoms with Crippen LogP contribution < -0.4 is 4.74 Å². The van der Waals surface area contributed by atoms with Crippen molar-refractivity contribution in [2.45, 2.75) is 50.9 Å². The van der Waals surface area contributed by atoms with Crippen LogP contribution in [0.1, 0.15) is 51.0 Å². The molecule has 23 heavy (non-hydrogen) atoms. The number of fused-ring (bicyclic) bond motifs is 2. The number of halogens is 1. The highest BCUT2D eigenvalue weighted by molar-refractivity contribution is 5.44. The van der Waals surface area contributed by atoms with Crippen LogP contribution in [0.4, 0.5) is 4.39 Å². The molecule has 2 nitrogen and oxygen atoms in total. The van der Waals surface area contributed by atoms with Crippen molar-refractivity contribution in [1.82, 2.24) is 4.90 Å². The van der Waals surface area contributed by atoms with Crippen LogP contribution in [-0.4, -0.2) is 31.1 Å². The summed E-state index contributed by atoms with van der Waals surface area (Å²) in [7, 11) is 0. The Morgan fingerprint density at radius 3 is 2.74 bits per heavy atom. The van der Waals surface area contributed by atoms with E-state index in [1.165, 1.54) is 38.3 Å². The van der Waals surface area contributed by atoms with E-state index in [-0.39, 0.29) is 11.2 Å². The van der Waals surface area contributed by atoms with Crippen LogP contribution >= 0.6 is 0 Å². The molecule has 0 unspecified atom stereocenters. The first-order chi connectivity index (χ1) is 11.2. The molecule has 0 radical (unpaired) electrons. The second kappa shape index (κ2) is 6.08. The van der Waals surface area contributed by atoms with Crippen LogP contribution in [0, 0.1) is 17.7 Å². The molecule has 0 N–H and O–H groups in total. The van der Waals surface area contributed by atoms with Crippen LogP contribution in [0.15, 0.2) is 18.2 Å². The van der Waals surface area contributed by atoms with E-state index in [0.717, 1.165) is 55.7 Å². The molecule has 0 aromatic heterocycles. The lowest BCUT2D eigenvalue weighted by Crippen LogP contribution is -2.45. The largest absolute Gasteiger partial charge is 0.492 e. The Hall–Kier alpha value is -1.09. The second-order valence-electron chi connectivity index (χ2n) is 8.03. The summed E-state index contributed by atoms with van der Waals surface area (Å²) in [5, 5.41) is 0. The molecule has 1 spiro atoms. The van der Waals surface area contributed by atoms with Crippen molar-refractivity contribution in [2.24, 2.45) is 11.8 Å². The molecule has 1 saturated carbocycles. The van der Waals surface area contributed by atoms with Crippen molar-refractivity contribution in [1.29, 1.82) is 0 Å². The Balaban J connectivity index is 1.39. The summed E-state index contributed by atoms with van der Waals surface area (Å²) in [5.74, 6) is 2.52. The van der Waals surface area contributed by atoms with Gasteiger partial charge in [0.1, 0.15) is 11.6 Å². The zero-order valence-electron chi connectivity index (χ0n) is 14.2. The molecule has 126 valence electrons. The maximum atomic E-state index is 13.7. The molecule has 2 aliphatic heterocycles. The molecule has 3 heteroatoms. The van der Waals surface area contributed by atoms with Crippen molar-refractivity contribution >= 4 is 0 Å². The lowest BCUT2D eigenvalue weighted by atomic mass is 9.74. The minimum absolute atomic E-state index is 0.0600. The molecule has 3 aliphatic rings. The van der Waals surface area contributed by atoms with Gasteiger partial charge in [0.05, 0.1) is 6.61 Å². The molecule has 2 fully saturated rings. The molecule has 1 aromatic carbocycles. The predicted molar refractivity (Wildman–Crippen MR) is 90.4 cm³/mol. The second-order valence-corrected chi connectivity index (χ2v) is 8.03. The van der Waals surface area contributed by atoms with Gasteiger partial charge in [0.15, 0.2) is 0 Å². The fourth-order valence-corrected chi connectivity index (χ4v) is 5.00. The Morgan fingerprint density at radius 2 is 2.00 bits per heavy atom. The van der Waals surface area contributed by atoms with Crippen LogP contribution in [0.5, 0.6) is 5.75 Å². The van der Waals surface area contributed by atoms with E-state index < -0.39 is 0 Å². The lowest BCUT2D eigenvalue weighted by Gasteiger charge is -2.40. The average molecular weight is 317 g/mol. The normalized spacial score (nSPS) is 25.5. The van der Waals surface area contributed by atoms with Gasteiger partial charge < -0.3 is 9.64 Å². The molecule has 1 atom stereocenters. The van der Waals surface area contributed by atoms with E-state index in [0.29, 0.717) is 0 Å². The summed E-state index contributed by atoms with van der Waals surface area (Å²) in [6, 6.07) is 5.02. The molecule has 4 rings (SSSR count). The van der Waals surface area contributed by atoms with E-state index in [9.17, 15) is 4.39 Å². The fourth-order valence-electron chi connectivity index (χ4n) is 5.00. The summed E-state index contributed by atoms with van der Waals surface area (Å²) in [6.07, 6.45) is 7.91. The van der Waals surface area contributed by atoms with E-state index >= 15 is 0 Å². The number of piperidine rings is 1. The molecule has 1 aliphatic carbocycles. The number of benzene rings is 1. The molecule has 0 bridgehead atoms. The van der Waals surface area contributed by atoms with Crippen molar-refractivity contribution < 1.29 is 9.13 Å². The van der Waals surface area contributed by atoms with Gasteiger partial charge in [-0.05, 0) is 56.0 Å². The average Bonchev–Trinajstić information content (AvgIpc) is 3.20. The van der Waals surface area contributed by atoms with Gasteiger partial charge in [0.25, 0.3) is 0 Å². The first-order valence-electron chi connectivity index (χ1n) is 9.31. The molecule has 0 amide bonds. The van der Waals surface area contributed by atoms with Gasteiger partial charge in [-0.15, -0.1) is 0 Å². The number of likely N-dealkylation sites (tertiary alicyclic amines) is 1. The topological polar surface area (TPSA) is 12.5 Å². The summed E-state index contributed by atoms with van der Waals surface area (Å²) in [5.41, 5.74) is 1.17. The highest BCUT2D eigenvalue weighted by Gasteiger charge is 2.43. The maximum absolute atomic E-state index is 13.7. The van der Waals surface area contributed by atoms with E-state index in [2.05, 4.69) is 11.8 Å². The third kappa shape index (κ3) is 2.88. The Kier molecular flexibility index (Phi) is 4.08. The standard InChI is InChI=1S/C20H28FNO/c1-15(16-4-2-3-5-16)13-22-10-8-20(9-11-22)14-23-19-7-6-17(21)12-18(19)20/h6-7,12,15-16H,2-5,8-11,13-14H2,1H3/t15-/m1/s1. The summed E-state index contributed by atoms with van der Waals surface area (Å²) in [6.45, 7) is 6.64. The monoisotopic (exact) mass is 317 g/mol. The fraction of sp³-hybridized carbons (Fsp3) is 0.700. The highest BCUT2D eigenvalue weighted by Crippen LogP contribution is 2.46. The van der Waals surface area contributed by atoms with E-state index in [1.54, 1.807) is 12.1 Å². The molecule has 2 heterocycles. The Morgan fingerprint density at radius 1 is 1.26 bits per heavy atom. The summed E-state index contributed by atoms with van der Waals surface area (Å²) < 4.78 is 19.5. The van der Waals surface area contributed by atoms with Gasteiger partial charge in [-0.1, -0.05) is 32.6 Å². The molecular weight excluding hydrogens is 289 g/mol. The minimum Gasteiger partial charge on any atom is -0.492 e. The lowest BCUT2D eigenvalue weighted by molar-refractivity contribution is 0.113. The van der Waals surface area contributed by atoms with Crippen molar-refractivity contribution in [3.8, 4) is 5.75 Å². The molecule has 1 aromatic rings. The van der Waals surface area contributed by atoms with Gasteiger partial charge in [0, 0.05) is 17.5 Å². The number of nitrogens with zero attached hydrogens (tertiary/aromatic N) is 1. The van der Waals surface area contributed by atoms with E-state index in [1.807, 2.05) is 0 Å².